The third kappa shape index (κ3) is 1.18. The van der Waals surface area contributed by atoms with Crippen molar-refractivity contribution in [2.75, 3.05) is 0 Å². The van der Waals surface area contributed by atoms with E-state index in [9.17, 15) is 9.59 Å². The van der Waals surface area contributed by atoms with Crippen LogP contribution in [0.3, 0.4) is 0 Å². The summed E-state index contributed by atoms with van der Waals surface area (Å²) in [6, 6.07) is 0. The number of hydrogen-bond donors (Lipinski definition) is 1. The zero-order valence-corrected chi connectivity index (χ0v) is 6.55. The van der Waals surface area contributed by atoms with Crippen molar-refractivity contribution in [3.8, 4) is 0 Å². The average Bonchev–Trinajstić information content (AvgIpc) is 2.17. The van der Waals surface area contributed by atoms with Crippen molar-refractivity contribution in [1.82, 2.24) is 0 Å². The van der Waals surface area contributed by atoms with Gasteiger partial charge in [-0.25, -0.2) is 4.79 Å². The van der Waals surface area contributed by atoms with E-state index in [1.807, 2.05) is 0 Å². The smallest absolute Gasteiger partial charge is 0.331 e. The van der Waals surface area contributed by atoms with Crippen molar-refractivity contribution in [3.05, 3.63) is 11.1 Å². The number of hydrogen-bond acceptors (Lipinski definition) is 2. The molecule has 1 unspecified atom stereocenters. The Morgan fingerprint density at radius 3 is 2.36 bits per heavy atom. The van der Waals surface area contributed by atoms with Gasteiger partial charge < -0.3 is 5.11 Å². The summed E-state index contributed by atoms with van der Waals surface area (Å²) in [6.07, 6.45) is 0.389. The van der Waals surface area contributed by atoms with Crippen LogP contribution in [0.5, 0.6) is 0 Å². The van der Waals surface area contributed by atoms with E-state index in [0.717, 1.165) is 0 Å². The Balaban J connectivity index is 2.98. The SMILES string of the molecule is CC1=C(C(=O)O)CC(C)C1=O. The van der Waals surface area contributed by atoms with Crippen LogP contribution < -0.4 is 0 Å². The summed E-state index contributed by atoms with van der Waals surface area (Å²) in [4.78, 5) is 21.6. The summed E-state index contributed by atoms with van der Waals surface area (Å²) >= 11 is 0. The van der Waals surface area contributed by atoms with E-state index >= 15 is 0 Å². The minimum atomic E-state index is -0.958. The first kappa shape index (κ1) is 7.98. The first-order valence-electron chi connectivity index (χ1n) is 3.51. The number of carbonyl (C=O) groups excluding carboxylic acids is 1. The van der Waals surface area contributed by atoms with E-state index in [4.69, 9.17) is 5.11 Å². The molecule has 0 aromatic heterocycles. The van der Waals surface area contributed by atoms with E-state index < -0.39 is 5.97 Å². The molecule has 0 fully saturated rings. The summed E-state index contributed by atoms with van der Waals surface area (Å²) in [5, 5.41) is 8.61. The molecule has 1 aliphatic rings. The molecule has 0 spiro atoms. The molecule has 60 valence electrons. The van der Waals surface area contributed by atoms with Gasteiger partial charge in [0.05, 0.1) is 0 Å². The Morgan fingerprint density at radius 1 is 1.64 bits per heavy atom. The van der Waals surface area contributed by atoms with E-state index in [1.165, 1.54) is 0 Å². The van der Waals surface area contributed by atoms with Crippen molar-refractivity contribution < 1.29 is 14.7 Å². The highest BCUT2D eigenvalue weighted by Gasteiger charge is 2.30. The lowest BCUT2D eigenvalue weighted by Crippen LogP contribution is -2.03. The molecule has 0 aromatic rings. The summed E-state index contributed by atoms with van der Waals surface area (Å²) in [5.41, 5.74) is 0.701. The largest absolute Gasteiger partial charge is 0.478 e. The monoisotopic (exact) mass is 154 g/mol. The van der Waals surface area contributed by atoms with Crippen LogP contribution in [-0.4, -0.2) is 16.9 Å². The number of Topliss-reactive ketones (excluding diaryl/α,β-unsaturated/α-hetero) is 1. The zero-order valence-electron chi connectivity index (χ0n) is 6.55. The lowest BCUT2D eigenvalue weighted by Gasteiger charge is -1.95. The second-order valence-electron chi connectivity index (χ2n) is 2.88. The molecule has 3 heteroatoms. The number of carboxylic acid groups (broad SMARTS) is 1. The zero-order chi connectivity index (χ0) is 8.59. The number of carboxylic acids is 1. The predicted molar refractivity (Wildman–Crippen MR) is 39.1 cm³/mol. The molecule has 3 nitrogen and oxygen atoms in total. The van der Waals surface area contributed by atoms with Gasteiger partial charge in [-0.1, -0.05) is 6.92 Å². The molecule has 0 aromatic carbocycles. The second kappa shape index (κ2) is 2.49. The van der Waals surface area contributed by atoms with Crippen molar-refractivity contribution in [3.63, 3.8) is 0 Å². The highest BCUT2D eigenvalue weighted by Crippen LogP contribution is 2.27. The molecule has 0 saturated heterocycles. The molecule has 0 radical (unpaired) electrons. The summed E-state index contributed by atoms with van der Waals surface area (Å²) in [7, 11) is 0. The van der Waals surface area contributed by atoms with Gasteiger partial charge in [0.15, 0.2) is 5.78 Å². The normalized spacial score (nSPS) is 24.5. The summed E-state index contributed by atoms with van der Waals surface area (Å²) < 4.78 is 0. The van der Waals surface area contributed by atoms with Crippen LogP contribution >= 0.6 is 0 Å². The third-order valence-corrected chi connectivity index (χ3v) is 2.04. The molecule has 0 heterocycles. The van der Waals surface area contributed by atoms with E-state index in [1.54, 1.807) is 13.8 Å². The molecule has 0 bridgehead atoms. The molecule has 1 atom stereocenters. The maximum atomic E-state index is 11.1. The lowest BCUT2D eigenvalue weighted by molar-refractivity contribution is -0.132. The van der Waals surface area contributed by atoms with Gasteiger partial charge >= 0.3 is 5.97 Å². The minimum absolute atomic E-state index is 0.0256. The number of allylic oxidation sites excluding steroid dienone is 1. The fourth-order valence-corrected chi connectivity index (χ4v) is 1.32. The van der Waals surface area contributed by atoms with E-state index in [-0.39, 0.29) is 17.3 Å². The second-order valence-corrected chi connectivity index (χ2v) is 2.88. The minimum Gasteiger partial charge on any atom is -0.478 e. The number of aliphatic carboxylic acids is 1. The van der Waals surface area contributed by atoms with Gasteiger partial charge in [0, 0.05) is 17.1 Å². The van der Waals surface area contributed by atoms with Gasteiger partial charge in [0.2, 0.25) is 0 Å². The fraction of sp³-hybridized carbons (Fsp3) is 0.500. The molecule has 0 amide bonds. The molecule has 0 saturated carbocycles. The van der Waals surface area contributed by atoms with Gasteiger partial charge in [-0.05, 0) is 13.3 Å². The number of rotatable bonds is 1. The molecule has 1 N–H and O–H groups in total. The Bertz CT molecular complexity index is 250. The average molecular weight is 154 g/mol. The van der Waals surface area contributed by atoms with Gasteiger partial charge in [0.25, 0.3) is 0 Å². The number of ketones is 1. The van der Waals surface area contributed by atoms with Crippen LogP contribution in [0, 0.1) is 5.92 Å². The Morgan fingerprint density at radius 2 is 2.18 bits per heavy atom. The highest BCUT2D eigenvalue weighted by atomic mass is 16.4. The van der Waals surface area contributed by atoms with E-state index in [0.29, 0.717) is 12.0 Å². The maximum absolute atomic E-state index is 11.1. The van der Waals surface area contributed by atoms with Crippen LogP contribution in [0.2, 0.25) is 0 Å². The standard InChI is InChI=1S/C8H10O3/c1-4-3-6(8(10)11)5(2)7(4)9/h4H,3H2,1-2H3,(H,10,11). The molecule has 1 rings (SSSR count). The maximum Gasteiger partial charge on any atom is 0.331 e. The molecular weight excluding hydrogens is 144 g/mol. The first-order valence-corrected chi connectivity index (χ1v) is 3.51. The number of carbonyl (C=O) groups is 2. The molecular formula is C8H10O3. The molecule has 0 aliphatic heterocycles. The van der Waals surface area contributed by atoms with Crippen LogP contribution in [0.25, 0.3) is 0 Å². The van der Waals surface area contributed by atoms with Crippen molar-refractivity contribution in [2.24, 2.45) is 5.92 Å². The Labute approximate surface area is 64.7 Å². The Hall–Kier alpha value is -1.12. The highest BCUT2D eigenvalue weighted by molar-refractivity contribution is 6.07. The van der Waals surface area contributed by atoms with Crippen molar-refractivity contribution >= 4 is 11.8 Å². The van der Waals surface area contributed by atoms with Crippen LogP contribution in [0.1, 0.15) is 20.3 Å². The lowest BCUT2D eigenvalue weighted by atomic mass is 10.1. The van der Waals surface area contributed by atoms with Crippen LogP contribution in [-0.2, 0) is 9.59 Å². The Kier molecular flexibility index (Phi) is 1.81. The molecule has 1 aliphatic carbocycles. The van der Waals surface area contributed by atoms with Gasteiger partial charge in [-0.15, -0.1) is 0 Å². The van der Waals surface area contributed by atoms with E-state index in [2.05, 4.69) is 0 Å². The van der Waals surface area contributed by atoms with Gasteiger partial charge in [-0.2, -0.15) is 0 Å². The third-order valence-electron chi connectivity index (χ3n) is 2.04. The van der Waals surface area contributed by atoms with Crippen LogP contribution in [0.15, 0.2) is 11.1 Å². The van der Waals surface area contributed by atoms with Gasteiger partial charge in [0.1, 0.15) is 0 Å². The fourth-order valence-electron chi connectivity index (χ4n) is 1.32. The first-order chi connectivity index (χ1) is 5.04. The summed E-state index contributed by atoms with van der Waals surface area (Å²) in [5.74, 6) is -1.12. The molecule has 11 heavy (non-hydrogen) atoms. The van der Waals surface area contributed by atoms with Crippen LogP contribution in [0.4, 0.5) is 0 Å². The van der Waals surface area contributed by atoms with Crippen molar-refractivity contribution in [1.29, 1.82) is 0 Å². The quantitative estimate of drug-likeness (QED) is 0.612. The van der Waals surface area contributed by atoms with Crippen molar-refractivity contribution in [2.45, 2.75) is 20.3 Å². The van der Waals surface area contributed by atoms with Gasteiger partial charge in [-0.3, -0.25) is 4.79 Å². The summed E-state index contributed by atoms with van der Waals surface area (Å²) in [6.45, 7) is 3.33. The predicted octanol–water partition coefficient (Wildman–Crippen LogP) is 0.996. The topological polar surface area (TPSA) is 54.4 Å².